The number of hydrogen-bond donors (Lipinski definition) is 1. The minimum Gasteiger partial charge on any atom is -0.351 e. The van der Waals surface area contributed by atoms with Crippen molar-refractivity contribution in [3.63, 3.8) is 0 Å². The van der Waals surface area contributed by atoms with Crippen LogP contribution in [-0.2, 0) is 9.47 Å². The molecule has 1 N–H and O–H groups in total. The van der Waals surface area contributed by atoms with E-state index in [0.29, 0.717) is 0 Å². The predicted octanol–water partition coefficient (Wildman–Crippen LogP) is 0.433. The quantitative estimate of drug-likeness (QED) is 0.492. The van der Waals surface area contributed by atoms with E-state index in [9.17, 15) is 0 Å². The first kappa shape index (κ1) is 11.3. The van der Waals surface area contributed by atoms with Gasteiger partial charge >= 0.3 is 0 Å². The molecular weight excluding hydrogens is 192 g/mol. The van der Waals surface area contributed by atoms with Crippen LogP contribution < -0.4 is 5.32 Å². The largest absolute Gasteiger partial charge is 0.351 e. The van der Waals surface area contributed by atoms with Crippen molar-refractivity contribution < 1.29 is 9.47 Å². The van der Waals surface area contributed by atoms with Gasteiger partial charge in [-0.2, -0.15) is 0 Å². The van der Waals surface area contributed by atoms with Crippen molar-refractivity contribution in [2.75, 3.05) is 40.4 Å². The highest BCUT2D eigenvalue weighted by atomic mass is 16.7. The topological polar surface area (TPSA) is 33.7 Å². The van der Waals surface area contributed by atoms with Crippen LogP contribution in [0.2, 0.25) is 0 Å². The molecule has 1 saturated carbocycles. The van der Waals surface area contributed by atoms with Gasteiger partial charge in [0.2, 0.25) is 0 Å². The van der Waals surface area contributed by atoms with Gasteiger partial charge in [0.15, 0.2) is 5.79 Å². The van der Waals surface area contributed by atoms with Crippen LogP contribution in [0, 0.1) is 0 Å². The van der Waals surface area contributed by atoms with E-state index >= 15 is 0 Å². The number of hydrogen-bond acceptors (Lipinski definition) is 4. The Morgan fingerprint density at radius 3 is 2.47 bits per heavy atom. The molecular formula is C11H22N2O2. The molecule has 1 saturated heterocycles. The maximum Gasteiger partial charge on any atom is 0.193 e. The van der Waals surface area contributed by atoms with Gasteiger partial charge < -0.3 is 14.8 Å². The van der Waals surface area contributed by atoms with Crippen LogP contribution in [0.1, 0.15) is 19.3 Å². The number of ether oxygens (including phenoxy) is 2. The van der Waals surface area contributed by atoms with Crippen LogP contribution in [0.15, 0.2) is 0 Å². The summed E-state index contributed by atoms with van der Waals surface area (Å²) in [5, 5.41) is 3.52. The molecule has 0 unspecified atom stereocenters. The minimum atomic E-state index is -0.316. The van der Waals surface area contributed by atoms with Crippen LogP contribution >= 0.6 is 0 Å². The maximum absolute atomic E-state index is 5.33. The molecule has 0 aromatic heterocycles. The van der Waals surface area contributed by atoms with Crippen molar-refractivity contribution in [3.8, 4) is 0 Å². The molecule has 1 aliphatic heterocycles. The first-order valence-electron chi connectivity index (χ1n) is 5.84. The molecule has 0 amide bonds. The summed E-state index contributed by atoms with van der Waals surface area (Å²) < 4.78 is 10.7. The molecule has 0 aromatic carbocycles. The Morgan fingerprint density at radius 2 is 1.93 bits per heavy atom. The zero-order valence-electron chi connectivity index (χ0n) is 9.79. The second-order valence-corrected chi connectivity index (χ2v) is 4.61. The highest BCUT2D eigenvalue weighted by Crippen LogP contribution is 2.25. The Bertz CT molecular complexity index is 195. The summed E-state index contributed by atoms with van der Waals surface area (Å²) >= 11 is 0. The highest BCUT2D eigenvalue weighted by Gasteiger charge is 2.43. The Kier molecular flexibility index (Phi) is 3.61. The van der Waals surface area contributed by atoms with E-state index in [1.807, 2.05) is 0 Å². The molecule has 0 aromatic rings. The van der Waals surface area contributed by atoms with E-state index in [1.54, 1.807) is 14.2 Å². The predicted molar refractivity (Wildman–Crippen MR) is 58.8 cm³/mol. The van der Waals surface area contributed by atoms with Gasteiger partial charge in [0.05, 0.1) is 13.1 Å². The lowest BCUT2D eigenvalue weighted by molar-refractivity contribution is -0.275. The lowest BCUT2D eigenvalue weighted by Gasteiger charge is -2.47. The van der Waals surface area contributed by atoms with Crippen molar-refractivity contribution in [3.05, 3.63) is 0 Å². The van der Waals surface area contributed by atoms with E-state index in [1.165, 1.54) is 19.3 Å². The van der Waals surface area contributed by atoms with E-state index in [0.717, 1.165) is 32.2 Å². The van der Waals surface area contributed by atoms with E-state index in [4.69, 9.17) is 9.47 Å². The smallest absolute Gasteiger partial charge is 0.193 e. The molecule has 2 fully saturated rings. The summed E-state index contributed by atoms with van der Waals surface area (Å²) in [7, 11) is 3.44. The van der Waals surface area contributed by atoms with Crippen molar-refractivity contribution >= 4 is 0 Å². The van der Waals surface area contributed by atoms with Gasteiger partial charge in [-0.25, -0.2) is 0 Å². The molecule has 0 atom stereocenters. The fourth-order valence-electron chi connectivity index (χ4n) is 2.03. The summed E-state index contributed by atoms with van der Waals surface area (Å²) in [5.41, 5.74) is 0. The van der Waals surface area contributed by atoms with Gasteiger partial charge in [0.25, 0.3) is 0 Å². The van der Waals surface area contributed by atoms with Crippen LogP contribution in [0.4, 0.5) is 0 Å². The summed E-state index contributed by atoms with van der Waals surface area (Å²) in [6, 6.07) is 0.832. The summed E-state index contributed by atoms with van der Waals surface area (Å²) in [4.78, 5) is 2.38. The molecule has 4 heteroatoms. The Hall–Kier alpha value is -0.160. The number of likely N-dealkylation sites (tertiary alicyclic amines) is 1. The molecule has 2 rings (SSSR count). The molecule has 1 heterocycles. The SMILES string of the molecule is COC1(OC)CN(CCCNC2CC2)C1. The van der Waals surface area contributed by atoms with Gasteiger partial charge in [-0.1, -0.05) is 0 Å². The van der Waals surface area contributed by atoms with Gasteiger partial charge in [-0.15, -0.1) is 0 Å². The van der Waals surface area contributed by atoms with Crippen LogP contribution in [0.25, 0.3) is 0 Å². The molecule has 4 nitrogen and oxygen atoms in total. The average molecular weight is 214 g/mol. The van der Waals surface area contributed by atoms with Crippen molar-refractivity contribution in [1.29, 1.82) is 0 Å². The monoisotopic (exact) mass is 214 g/mol. The normalized spacial score (nSPS) is 25.2. The minimum absolute atomic E-state index is 0.316. The summed E-state index contributed by atoms with van der Waals surface area (Å²) in [5.74, 6) is -0.316. The number of rotatable bonds is 7. The third-order valence-electron chi connectivity index (χ3n) is 3.33. The molecule has 1 aliphatic carbocycles. The number of nitrogens with one attached hydrogen (secondary N) is 1. The zero-order valence-corrected chi connectivity index (χ0v) is 9.79. The number of methoxy groups -OCH3 is 2. The molecule has 2 aliphatic rings. The van der Waals surface area contributed by atoms with Gasteiger partial charge in [0.1, 0.15) is 0 Å². The lowest BCUT2D eigenvalue weighted by Crippen LogP contribution is -2.64. The highest BCUT2D eigenvalue weighted by molar-refractivity contribution is 4.89. The fraction of sp³-hybridized carbons (Fsp3) is 1.00. The average Bonchev–Trinajstić information content (AvgIpc) is 2.99. The third-order valence-corrected chi connectivity index (χ3v) is 3.33. The van der Waals surface area contributed by atoms with E-state index < -0.39 is 0 Å². The number of nitrogens with zero attached hydrogens (tertiary/aromatic N) is 1. The molecule has 0 bridgehead atoms. The molecule has 0 spiro atoms. The zero-order chi connectivity index (χ0) is 10.7. The van der Waals surface area contributed by atoms with Crippen LogP contribution in [0.5, 0.6) is 0 Å². The Labute approximate surface area is 91.9 Å². The van der Waals surface area contributed by atoms with Crippen molar-refractivity contribution in [1.82, 2.24) is 10.2 Å². The van der Waals surface area contributed by atoms with Gasteiger partial charge in [-0.05, 0) is 32.4 Å². The standard InChI is InChI=1S/C11H22N2O2/c1-14-11(15-2)8-13(9-11)7-3-6-12-10-4-5-10/h10,12H,3-9H2,1-2H3. The van der Waals surface area contributed by atoms with Gasteiger partial charge in [-0.3, -0.25) is 4.90 Å². The second-order valence-electron chi connectivity index (χ2n) is 4.61. The van der Waals surface area contributed by atoms with Crippen LogP contribution in [-0.4, -0.2) is 57.1 Å². The molecule has 0 radical (unpaired) electrons. The molecule has 88 valence electrons. The lowest BCUT2D eigenvalue weighted by atomic mass is 10.1. The second kappa shape index (κ2) is 4.78. The van der Waals surface area contributed by atoms with E-state index in [-0.39, 0.29) is 5.79 Å². The van der Waals surface area contributed by atoms with Crippen molar-refractivity contribution in [2.45, 2.75) is 31.1 Å². The maximum atomic E-state index is 5.33. The summed E-state index contributed by atoms with van der Waals surface area (Å²) in [6.45, 7) is 4.11. The Balaban J connectivity index is 1.50. The fourth-order valence-corrected chi connectivity index (χ4v) is 2.03. The Morgan fingerprint density at radius 1 is 1.27 bits per heavy atom. The van der Waals surface area contributed by atoms with Crippen LogP contribution in [0.3, 0.4) is 0 Å². The third kappa shape index (κ3) is 2.91. The summed E-state index contributed by atoms with van der Waals surface area (Å²) in [6.07, 6.45) is 3.97. The van der Waals surface area contributed by atoms with Gasteiger partial charge in [0, 0.05) is 20.3 Å². The molecule has 15 heavy (non-hydrogen) atoms. The van der Waals surface area contributed by atoms with Crippen molar-refractivity contribution in [2.24, 2.45) is 0 Å². The van der Waals surface area contributed by atoms with E-state index in [2.05, 4.69) is 10.2 Å². The first-order valence-corrected chi connectivity index (χ1v) is 5.84. The first-order chi connectivity index (χ1) is 7.28.